The molecule has 0 unspecified atom stereocenters. The third kappa shape index (κ3) is 2.07. The van der Waals surface area contributed by atoms with Crippen LogP contribution < -0.4 is 4.90 Å². The number of hydrogen-bond donors (Lipinski definition) is 0. The Labute approximate surface area is 125 Å². The van der Waals surface area contributed by atoms with E-state index in [1.165, 1.54) is 28.4 Å². The summed E-state index contributed by atoms with van der Waals surface area (Å²) in [4.78, 5) is 6.76. The predicted octanol–water partition coefficient (Wildman–Crippen LogP) is 5.00. The van der Waals surface area contributed by atoms with Crippen molar-refractivity contribution in [3.05, 3.63) is 35.1 Å². The quantitative estimate of drug-likeness (QED) is 0.723. The lowest BCUT2D eigenvalue weighted by molar-refractivity contribution is 0.333. The van der Waals surface area contributed by atoms with Crippen LogP contribution in [0.3, 0.4) is 0 Å². The number of benzene rings is 1. The molecule has 2 aromatic rings. The normalized spacial score (nSPS) is 17.6. The maximum Gasteiger partial charge on any atom is 0.129 e. The number of halogens is 1. The number of nitrogens with zero attached hydrogens (tertiary/aromatic N) is 2. The minimum atomic E-state index is 0.242. The van der Waals surface area contributed by atoms with Gasteiger partial charge in [-0.1, -0.05) is 31.5 Å². The van der Waals surface area contributed by atoms with Crippen molar-refractivity contribution in [3.8, 4) is 0 Å². The number of aromatic nitrogens is 1. The molecule has 106 valence electrons. The molecule has 1 saturated heterocycles. The van der Waals surface area contributed by atoms with Crippen LogP contribution in [0, 0.1) is 0 Å². The summed E-state index contributed by atoms with van der Waals surface area (Å²) in [6.45, 7) is 10.1. The van der Waals surface area contributed by atoms with Gasteiger partial charge in [-0.05, 0) is 49.3 Å². The molecule has 0 amide bonds. The zero-order valence-electron chi connectivity index (χ0n) is 12.6. The van der Waals surface area contributed by atoms with E-state index in [0.29, 0.717) is 11.1 Å². The van der Waals surface area contributed by atoms with Crippen LogP contribution in [0.2, 0.25) is 5.15 Å². The Morgan fingerprint density at radius 1 is 1.25 bits per heavy atom. The summed E-state index contributed by atoms with van der Waals surface area (Å²) >= 11 is 6.11. The highest BCUT2D eigenvalue weighted by Gasteiger charge is 2.36. The van der Waals surface area contributed by atoms with Gasteiger partial charge in [-0.2, -0.15) is 0 Å². The predicted molar refractivity (Wildman–Crippen MR) is 86.9 cm³/mol. The van der Waals surface area contributed by atoms with E-state index in [0.717, 1.165) is 6.54 Å². The minimum Gasteiger partial charge on any atom is -0.366 e. The zero-order valence-corrected chi connectivity index (χ0v) is 13.3. The van der Waals surface area contributed by atoms with Gasteiger partial charge in [0.2, 0.25) is 0 Å². The average molecular weight is 289 g/mol. The Kier molecular flexibility index (Phi) is 3.17. The van der Waals surface area contributed by atoms with E-state index in [4.69, 9.17) is 11.6 Å². The molecule has 0 radical (unpaired) electrons. The maximum absolute atomic E-state index is 6.11. The maximum atomic E-state index is 6.11. The molecule has 1 aliphatic heterocycles. The van der Waals surface area contributed by atoms with E-state index in [-0.39, 0.29) is 5.54 Å². The SMILES string of the molecule is CC(C)c1ccc(N2CCC2(C)C)c2cnc(Cl)cc12. The molecule has 0 spiro atoms. The second kappa shape index (κ2) is 4.63. The van der Waals surface area contributed by atoms with Crippen molar-refractivity contribution in [2.45, 2.75) is 45.6 Å². The van der Waals surface area contributed by atoms with Crippen LogP contribution in [0.15, 0.2) is 24.4 Å². The lowest BCUT2D eigenvalue weighted by Gasteiger charge is -2.50. The van der Waals surface area contributed by atoms with E-state index in [1.807, 2.05) is 12.3 Å². The number of pyridine rings is 1. The van der Waals surface area contributed by atoms with E-state index in [9.17, 15) is 0 Å². The molecule has 1 fully saturated rings. The average Bonchev–Trinajstić information content (AvgIpc) is 2.37. The van der Waals surface area contributed by atoms with Crippen molar-refractivity contribution < 1.29 is 0 Å². The first-order chi connectivity index (χ1) is 9.40. The minimum absolute atomic E-state index is 0.242. The van der Waals surface area contributed by atoms with Gasteiger partial charge in [0, 0.05) is 29.4 Å². The van der Waals surface area contributed by atoms with E-state index >= 15 is 0 Å². The molecule has 3 heteroatoms. The monoisotopic (exact) mass is 288 g/mol. The van der Waals surface area contributed by atoms with E-state index < -0.39 is 0 Å². The third-order valence-corrected chi connectivity index (χ3v) is 4.68. The van der Waals surface area contributed by atoms with Crippen LogP contribution >= 0.6 is 11.6 Å². The van der Waals surface area contributed by atoms with Gasteiger partial charge in [0.1, 0.15) is 5.15 Å². The summed E-state index contributed by atoms with van der Waals surface area (Å²) in [5.74, 6) is 0.481. The van der Waals surface area contributed by atoms with Crippen molar-refractivity contribution >= 4 is 28.1 Å². The molecule has 20 heavy (non-hydrogen) atoms. The highest BCUT2D eigenvalue weighted by molar-refractivity contribution is 6.30. The second-order valence-corrected chi connectivity index (χ2v) is 6.98. The molecule has 1 aromatic carbocycles. The number of hydrogen-bond acceptors (Lipinski definition) is 2. The van der Waals surface area contributed by atoms with Crippen molar-refractivity contribution in [1.29, 1.82) is 0 Å². The fourth-order valence-corrected chi connectivity index (χ4v) is 3.24. The molecular weight excluding hydrogens is 268 g/mol. The largest absolute Gasteiger partial charge is 0.366 e. The molecule has 0 atom stereocenters. The van der Waals surface area contributed by atoms with Gasteiger partial charge in [-0.15, -0.1) is 0 Å². The first-order valence-electron chi connectivity index (χ1n) is 7.26. The van der Waals surface area contributed by atoms with Gasteiger partial charge in [0.15, 0.2) is 0 Å². The standard InChI is InChI=1S/C17H21ClN2/c1-11(2)12-5-6-15(20-8-7-17(20,3)4)14-10-19-16(18)9-13(12)14/h5-6,9-11H,7-8H2,1-4H3. The Bertz CT molecular complexity index is 661. The van der Waals surface area contributed by atoms with Gasteiger partial charge in [-0.3, -0.25) is 0 Å². The summed E-state index contributed by atoms with van der Waals surface area (Å²) in [7, 11) is 0. The Morgan fingerprint density at radius 2 is 2.00 bits per heavy atom. The van der Waals surface area contributed by atoms with Crippen LogP contribution in [0.4, 0.5) is 5.69 Å². The van der Waals surface area contributed by atoms with Gasteiger partial charge in [-0.25, -0.2) is 4.98 Å². The smallest absolute Gasteiger partial charge is 0.129 e. The topological polar surface area (TPSA) is 16.1 Å². The lowest BCUT2D eigenvalue weighted by Crippen LogP contribution is -2.56. The fourth-order valence-electron chi connectivity index (χ4n) is 3.08. The fraction of sp³-hybridized carbons (Fsp3) is 0.471. The van der Waals surface area contributed by atoms with Crippen molar-refractivity contribution in [2.75, 3.05) is 11.4 Å². The molecule has 0 saturated carbocycles. The molecule has 1 aromatic heterocycles. The van der Waals surface area contributed by atoms with Gasteiger partial charge >= 0.3 is 0 Å². The number of fused-ring (bicyclic) bond motifs is 1. The first-order valence-corrected chi connectivity index (χ1v) is 7.64. The lowest BCUT2D eigenvalue weighted by atomic mass is 9.86. The Morgan fingerprint density at radius 3 is 2.55 bits per heavy atom. The van der Waals surface area contributed by atoms with Crippen LogP contribution in [0.25, 0.3) is 10.8 Å². The van der Waals surface area contributed by atoms with Gasteiger partial charge < -0.3 is 4.90 Å². The molecule has 0 aliphatic carbocycles. The molecule has 2 nitrogen and oxygen atoms in total. The van der Waals surface area contributed by atoms with Gasteiger partial charge in [0.05, 0.1) is 0 Å². The van der Waals surface area contributed by atoms with Crippen LogP contribution in [0.1, 0.15) is 45.6 Å². The summed E-state index contributed by atoms with van der Waals surface area (Å²) in [5, 5.41) is 3.02. The Balaban J connectivity index is 2.23. The zero-order chi connectivity index (χ0) is 14.5. The van der Waals surface area contributed by atoms with Gasteiger partial charge in [0.25, 0.3) is 0 Å². The molecule has 0 N–H and O–H groups in total. The van der Waals surface area contributed by atoms with Crippen molar-refractivity contribution in [1.82, 2.24) is 4.98 Å². The number of anilines is 1. The van der Waals surface area contributed by atoms with E-state index in [2.05, 4.69) is 49.7 Å². The summed E-state index contributed by atoms with van der Waals surface area (Å²) in [5.41, 5.74) is 2.86. The molecule has 3 rings (SSSR count). The third-order valence-electron chi connectivity index (χ3n) is 4.47. The van der Waals surface area contributed by atoms with Crippen molar-refractivity contribution in [2.24, 2.45) is 0 Å². The molecule has 2 heterocycles. The highest BCUT2D eigenvalue weighted by atomic mass is 35.5. The Hall–Kier alpha value is -1.28. The number of rotatable bonds is 2. The summed E-state index contributed by atoms with van der Waals surface area (Å²) in [6, 6.07) is 6.49. The van der Waals surface area contributed by atoms with Crippen molar-refractivity contribution in [3.63, 3.8) is 0 Å². The summed E-state index contributed by atoms with van der Waals surface area (Å²) in [6.07, 6.45) is 3.16. The van der Waals surface area contributed by atoms with E-state index in [1.54, 1.807) is 0 Å². The second-order valence-electron chi connectivity index (χ2n) is 6.60. The van der Waals surface area contributed by atoms with Crippen LogP contribution in [0.5, 0.6) is 0 Å². The molecule has 0 bridgehead atoms. The first kappa shape index (κ1) is 13.7. The molecule has 1 aliphatic rings. The highest BCUT2D eigenvalue weighted by Crippen LogP contribution is 2.41. The molecular formula is C17H21ClN2. The van der Waals surface area contributed by atoms with Crippen LogP contribution in [-0.2, 0) is 0 Å². The summed E-state index contributed by atoms with van der Waals surface area (Å²) < 4.78 is 0. The van der Waals surface area contributed by atoms with Crippen LogP contribution in [-0.4, -0.2) is 17.1 Å².